The van der Waals surface area contributed by atoms with Crippen molar-refractivity contribution in [1.29, 1.82) is 0 Å². The molecule has 8 nitrogen and oxygen atoms in total. The van der Waals surface area contributed by atoms with Crippen molar-refractivity contribution in [2.45, 2.75) is 13.0 Å². The topological polar surface area (TPSA) is 93.5 Å². The van der Waals surface area contributed by atoms with Crippen molar-refractivity contribution in [3.05, 3.63) is 84.2 Å². The molecule has 0 spiro atoms. The van der Waals surface area contributed by atoms with Crippen molar-refractivity contribution in [2.24, 2.45) is 7.05 Å². The van der Waals surface area contributed by atoms with Gasteiger partial charge in [-0.05, 0) is 42.8 Å². The maximum Gasteiger partial charge on any atom is 0.140 e. The van der Waals surface area contributed by atoms with Crippen LogP contribution in [-0.2, 0) is 13.6 Å². The molecule has 0 saturated heterocycles. The first-order valence-corrected chi connectivity index (χ1v) is 11.6. The Morgan fingerprint density at radius 3 is 2.83 bits per heavy atom. The van der Waals surface area contributed by atoms with Crippen LogP contribution in [0.25, 0.3) is 39.1 Å². The molecular weight excluding hydrogens is 438 g/mol. The molecule has 2 N–H and O–H groups in total. The summed E-state index contributed by atoms with van der Waals surface area (Å²) in [5, 5.41) is 7.80. The fourth-order valence-electron chi connectivity index (χ4n) is 4.47. The van der Waals surface area contributed by atoms with Gasteiger partial charge in [-0.3, -0.25) is 9.67 Å². The maximum absolute atomic E-state index is 5.42. The summed E-state index contributed by atoms with van der Waals surface area (Å²) in [6.45, 7) is 1.65. The van der Waals surface area contributed by atoms with E-state index in [1.807, 2.05) is 56.0 Å². The fraction of sp³-hybridized carbons (Fsp3) is 0.185. The van der Waals surface area contributed by atoms with E-state index in [9.17, 15) is 0 Å². The highest BCUT2D eigenvalue weighted by Crippen LogP contribution is 2.32. The maximum atomic E-state index is 5.42. The van der Waals surface area contributed by atoms with Crippen molar-refractivity contribution in [3.63, 3.8) is 0 Å². The van der Waals surface area contributed by atoms with Crippen LogP contribution >= 0.6 is 0 Å². The van der Waals surface area contributed by atoms with Crippen molar-refractivity contribution in [2.75, 3.05) is 13.7 Å². The number of imidazole rings is 1. The van der Waals surface area contributed by atoms with Gasteiger partial charge in [0.05, 0.1) is 35.9 Å². The summed E-state index contributed by atoms with van der Waals surface area (Å²) in [5.74, 6) is 1.57. The van der Waals surface area contributed by atoms with Crippen LogP contribution in [0.5, 0.6) is 5.75 Å². The average molecular weight is 464 g/mol. The van der Waals surface area contributed by atoms with E-state index in [1.54, 1.807) is 11.8 Å². The number of benzene rings is 1. The molecule has 0 radical (unpaired) electrons. The van der Waals surface area contributed by atoms with Gasteiger partial charge in [-0.25, -0.2) is 9.97 Å². The van der Waals surface area contributed by atoms with E-state index in [1.165, 1.54) is 0 Å². The molecule has 1 aliphatic rings. The second-order valence-electron chi connectivity index (χ2n) is 8.56. The van der Waals surface area contributed by atoms with Gasteiger partial charge in [-0.2, -0.15) is 5.10 Å². The number of methoxy groups -OCH3 is 1. The number of hydrogen-bond acceptors (Lipinski definition) is 6. The fourth-order valence-corrected chi connectivity index (χ4v) is 4.47. The van der Waals surface area contributed by atoms with Gasteiger partial charge >= 0.3 is 0 Å². The third-order valence-electron chi connectivity index (χ3n) is 6.22. The molecule has 4 aromatic heterocycles. The Labute approximate surface area is 202 Å². The van der Waals surface area contributed by atoms with Crippen LogP contribution in [0.4, 0.5) is 0 Å². The minimum absolute atomic E-state index is 0.754. The monoisotopic (exact) mass is 463 g/mol. The van der Waals surface area contributed by atoms with Gasteiger partial charge in [0.2, 0.25) is 0 Å². The van der Waals surface area contributed by atoms with Crippen molar-refractivity contribution in [3.8, 4) is 28.3 Å². The third kappa shape index (κ3) is 3.98. The molecule has 0 fully saturated rings. The Morgan fingerprint density at radius 2 is 1.97 bits per heavy atom. The van der Waals surface area contributed by atoms with E-state index in [0.29, 0.717) is 0 Å². The van der Waals surface area contributed by atoms with E-state index in [4.69, 9.17) is 14.7 Å². The molecule has 6 rings (SSSR count). The molecular formula is C27H25N7O. The predicted octanol–water partition coefficient (Wildman–Crippen LogP) is 4.35. The molecule has 5 aromatic rings. The highest BCUT2D eigenvalue weighted by molar-refractivity contribution is 5.92. The van der Waals surface area contributed by atoms with Crippen LogP contribution in [0, 0.1) is 0 Å². The number of aryl methyl sites for hydroxylation is 1. The molecule has 0 saturated carbocycles. The van der Waals surface area contributed by atoms with Gasteiger partial charge in [0.15, 0.2) is 0 Å². The minimum atomic E-state index is 0.754. The minimum Gasteiger partial charge on any atom is -0.497 e. The summed E-state index contributed by atoms with van der Waals surface area (Å²) in [7, 11) is 3.58. The molecule has 0 amide bonds. The molecule has 174 valence electrons. The number of rotatable bonds is 4. The second-order valence-corrected chi connectivity index (χ2v) is 8.56. The molecule has 1 aliphatic heterocycles. The Hall–Kier alpha value is -4.30. The first-order chi connectivity index (χ1) is 17.2. The summed E-state index contributed by atoms with van der Waals surface area (Å²) < 4.78 is 7.21. The van der Waals surface area contributed by atoms with Crippen LogP contribution in [-0.4, -0.2) is 43.4 Å². The van der Waals surface area contributed by atoms with Crippen LogP contribution in [0.1, 0.15) is 23.5 Å². The lowest BCUT2D eigenvalue weighted by Crippen LogP contribution is -2.18. The normalized spacial score (nSPS) is 15.2. The van der Waals surface area contributed by atoms with Gasteiger partial charge in [0.25, 0.3) is 0 Å². The van der Waals surface area contributed by atoms with Gasteiger partial charge in [0, 0.05) is 42.7 Å². The number of hydrogen-bond donors (Lipinski definition) is 2. The SMILES string of the molecule is COc1cccc(-c2nccc3[nH]c(/C4=C/CCNCc5ccc(-c6cnn(C)c6)nc54)nc23)c1. The number of nitrogens with zero attached hydrogens (tertiary/aromatic N) is 5. The first kappa shape index (κ1) is 21.2. The highest BCUT2D eigenvalue weighted by atomic mass is 16.5. The number of fused-ring (bicyclic) bond motifs is 2. The first-order valence-electron chi connectivity index (χ1n) is 11.6. The zero-order valence-corrected chi connectivity index (χ0v) is 19.6. The van der Waals surface area contributed by atoms with Gasteiger partial charge < -0.3 is 15.0 Å². The molecule has 0 atom stereocenters. The van der Waals surface area contributed by atoms with Crippen LogP contribution in [0.2, 0.25) is 0 Å². The standard InChI is InChI=1S/C27H25N7O/c1-34-16-19(15-30-34)22-9-8-18-14-28-11-4-7-21(24(18)31-22)27-32-23-10-12-29-25(26(23)33-27)17-5-3-6-20(13-17)35-2/h3,5-10,12-13,15-16,28H,4,11,14H2,1-2H3,(H,32,33)/b21-7+. The molecule has 0 bridgehead atoms. The number of pyridine rings is 2. The molecule has 1 aromatic carbocycles. The third-order valence-corrected chi connectivity index (χ3v) is 6.22. The number of nitrogens with one attached hydrogen (secondary N) is 2. The van der Waals surface area contributed by atoms with E-state index in [0.717, 1.165) is 81.5 Å². The smallest absolute Gasteiger partial charge is 0.140 e. The van der Waals surface area contributed by atoms with Crippen LogP contribution in [0.3, 0.4) is 0 Å². The summed E-state index contributed by atoms with van der Waals surface area (Å²) in [6, 6.07) is 14.1. The lowest BCUT2D eigenvalue weighted by atomic mass is 10.0. The van der Waals surface area contributed by atoms with Crippen molar-refractivity contribution in [1.82, 2.24) is 35.0 Å². The van der Waals surface area contributed by atoms with Gasteiger partial charge in [0.1, 0.15) is 17.1 Å². The van der Waals surface area contributed by atoms with Crippen molar-refractivity contribution >= 4 is 16.6 Å². The number of H-pyrrole nitrogens is 1. The van der Waals surface area contributed by atoms with Gasteiger partial charge in [-0.15, -0.1) is 0 Å². The number of aromatic nitrogens is 6. The van der Waals surface area contributed by atoms with E-state index >= 15 is 0 Å². The quantitative estimate of drug-likeness (QED) is 0.412. The lowest BCUT2D eigenvalue weighted by molar-refractivity contribution is 0.415. The Balaban J connectivity index is 1.49. The largest absolute Gasteiger partial charge is 0.497 e. The Morgan fingerprint density at radius 1 is 1.03 bits per heavy atom. The van der Waals surface area contributed by atoms with Gasteiger partial charge in [-0.1, -0.05) is 24.3 Å². The summed E-state index contributed by atoms with van der Waals surface area (Å²) in [6.07, 6.45) is 8.72. The second kappa shape index (κ2) is 8.81. The highest BCUT2D eigenvalue weighted by Gasteiger charge is 2.20. The lowest BCUT2D eigenvalue weighted by Gasteiger charge is -2.16. The van der Waals surface area contributed by atoms with E-state index in [-0.39, 0.29) is 0 Å². The van der Waals surface area contributed by atoms with E-state index in [2.05, 4.69) is 38.6 Å². The summed E-state index contributed by atoms with van der Waals surface area (Å²) in [4.78, 5) is 18.3. The number of ether oxygens (including phenoxy) is 1. The van der Waals surface area contributed by atoms with Crippen LogP contribution < -0.4 is 10.1 Å². The average Bonchev–Trinajstić information content (AvgIpc) is 3.50. The summed E-state index contributed by atoms with van der Waals surface area (Å²) in [5.41, 5.74) is 8.46. The Bertz CT molecular complexity index is 1560. The van der Waals surface area contributed by atoms with Crippen LogP contribution in [0.15, 0.2) is 67.1 Å². The van der Waals surface area contributed by atoms with E-state index < -0.39 is 0 Å². The zero-order valence-electron chi connectivity index (χ0n) is 19.6. The Kier molecular flexibility index (Phi) is 5.35. The number of aromatic amines is 1. The molecule has 8 heteroatoms. The molecule has 35 heavy (non-hydrogen) atoms. The molecule has 0 aliphatic carbocycles. The zero-order chi connectivity index (χ0) is 23.8. The van der Waals surface area contributed by atoms with Crippen molar-refractivity contribution < 1.29 is 4.74 Å². The molecule has 5 heterocycles. The summed E-state index contributed by atoms with van der Waals surface area (Å²) >= 11 is 0. The molecule has 0 unspecified atom stereocenters. The predicted molar refractivity (Wildman–Crippen MR) is 136 cm³/mol.